The lowest BCUT2D eigenvalue weighted by atomic mass is 10.1. The highest BCUT2D eigenvalue weighted by atomic mass is 32.2. The van der Waals surface area contributed by atoms with Crippen molar-refractivity contribution >= 4 is 22.6 Å². The summed E-state index contributed by atoms with van der Waals surface area (Å²) in [6.07, 6.45) is 0. The Morgan fingerprint density at radius 2 is 2.12 bits per heavy atom. The van der Waals surface area contributed by atoms with Gasteiger partial charge in [-0.2, -0.15) is 0 Å². The average molecular weight is 256 g/mol. The molecule has 1 aliphatic heterocycles. The van der Waals surface area contributed by atoms with Gasteiger partial charge >= 0.3 is 0 Å². The number of rotatable bonds is 1. The van der Waals surface area contributed by atoms with Crippen molar-refractivity contribution in [3.63, 3.8) is 0 Å². The molecular weight excluding hydrogens is 242 g/mol. The number of hydrogen-bond acceptors (Lipinski definition) is 3. The first kappa shape index (κ1) is 12.4. The quantitative estimate of drug-likeness (QED) is 0.831. The molecule has 0 bridgehead atoms. The fourth-order valence-electron chi connectivity index (χ4n) is 1.48. The Morgan fingerprint density at radius 3 is 2.82 bits per heavy atom. The van der Waals surface area contributed by atoms with Gasteiger partial charge in [-0.15, -0.1) is 0 Å². The smallest absolute Gasteiger partial charge is 0.182 e. The monoisotopic (exact) mass is 256 g/mol. The maximum absolute atomic E-state index is 13.4. The average Bonchev–Trinajstić information content (AvgIpc) is 2.30. The molecule has 2 nitrogen and oxygen atoms in total. The van der Waals surface area contributed by atoms with Crippen LogP contribution in [0.3, 0.4) is 0 Å². The number of thioether (sulfide) groups is 1. The molecule has 1 aromatic rings. The van der Waals surface area contributed by atoms with Gasteiger partial charge < -0.3 is 5.32 Å². The molecule has 1 heterocycles. The minimum atomic E-state index is -0.859. The molecule has 1 N–H and O–H groups in total. The predicted molar refractivity (Wildman–Crippen MR) is 68.5 cm³/mol. The molecule has 17 heavy (non-hydrogen) atoms. The van der Waals surface area contributed by atoms with Crippen molar-refractivity contribution in [2.24, 2.45) is 10.9 Å². The summed E-state index contributed by atoms with van der Waals surface area (Å²) < 4.78 is 26.4. The molecule has 0 fully saturated rings. The molecule has 0 amide bonds. The van der Waals surface area contributed by atoms with Crippen LogP contribution in [0.25, 0.3) is 0 Å². The third kappa shape index (κ3) is 2.77. The van der Waals surface area contributed by atoms with Gasteiger partial charge in [-0.25, -0.2) is 8.78 Å². The highest BCUT2D eigenvalue weighted by Gasteiger charge is 2.20. The Labute approximate surface area is 104 Å². The number of benzene rings is 1. The van der Waals surface area contributed by atoms with Crippen molar-refractivity contribution in [3.8, 4) is 0 Å². The Balaban J connectivity index is 2.16. The van der Waals surface area contributed by atoms with E-state index in [2.05, 4.69) is 17.2 Å². The maximum atomic E-state index is 13.4. The molecule has 0 aromatic heterocycles. The standard InChI is InChI=1S/C12H14F2N2S/c1-7-6-17-12(15-8(7)2)16-10-5-3-4-9(13)11(10)14/h3-5,7-8H,6H2,1-2H3,(H,15,16). The van der Waals surface area contributed by atoms with Gasteiger partial charge in [0.05, 0.1) is 11.7 Å². The summed E-state index contributed by atoms with van der Waals surface area (Å²) in [7, 11) is 0. The first-order valence-electron chi connectivity index (χ1n) is 5.49. The Hall–Kier alpha value is -1.10. The molecule has 0 spiro atoms. The minimum Gasteiger partial charge on any atom is -0.332 e. The van der Waals surface area contributed by atoms with Gasteiger partial charge in [-0.3, -0.25) is 4.99 Å². The zero-order valence-electron chi connectivity index (χ0n) is 9.71. The fourth-order valence-corrected chi connectivity index (χ4v) is 2.61. The van der Waals surface area contributed by atoms with Crippen LogP contribution < -0.4 is 5.32 Å². The van der Waals surface area contributed by atoms with Gasteiger partial charge in [0.2, 0.25) is 0 Å². The molecule has 2 unspecified atom stereocenters. The van der Waals surface area contributed by atoms with Gasteiger partial charge in [0.15, 0.2) is 16.8 Å². The largest absolute Gasteiger partial charge is 0.332 e. The molecule has 0 radical (unpaired) electrons. The van der Waals surface area contributed by atoms with Crippen molar-refractivity contribution in [2.75, 3.05) is 11.1 Å². The van der Waals surface area contributed by atoms with Crippen LogP contribution in [0.1, 0.15) is 13.8 Å². The van der Waals surface area contributed by atoms with Crippen molar-refractivity contribution in [1.82, 2.24) is 0 Å². The maximum Gasteiger partial charge on any atom is 0.182 e. The predicted octanol–water partition coefficient (Wildman–Crippen LogP) is 3.50. The minimum absolute atomic E-state index is 0.137. The van der Waals surface area contributed by atoms with Crippen LogP contribution in [-0.2, 0) is 0 Å². The number of halogens is 2. The second kappa shape index (κ2) is 5.04. The van der Waals surface area contributed by atoms with Gasteiger partial charge in [-0.05, 0) is 25.0 Å². The summed E-state index contributed by atoms with van der Waals surface area (Å²) in [5, 5.41) is 3.49. The first-order valence-corrected chi connectivity index (χ1v) is 6.48. The zero-order chi connectivity index (χ0) is 12.4. The fraction of sp³-hybridized carbons (Fsp3) is 0.417. The third-order valence-electron chi connectivity index (χ3n) is 2.82. The van der Waals surface area contributed by atoms with Crippen molar-refractivity contribution in [1.29, 1.82) is 0 Å². The van der Waals surface area contributed by atoms with Gasteiger partial charge in [-0.1, -0.05) is 24.8 Å². The summed E-state index contributed by atoms with van der Waals surface area (Å²) in [5.74, 6) is -0.271. The zero-order valence-corrected chi connectivity index (χ0v) is 10.5. The van der Waals surface area contributed by atoms with Crippen molar-refractivity contribution in [2.45, 2.75) is 19.9 Å². The first-order chi connectivity index (χ1) is 8.08. The molecule has 5 heteroatoms. The lowest BCUT2D eigenvalue weighted by molar-refractivity contribution is 0.511. The Bertz CT molecular complexity index is 448. The van der Waals surface area contributed by atoms with E-state index < -0.39 is 11.6 Å². The third-order valence-corrected chi connectivity index (χ3v) is 3.99. The van der Waals surface area contributed by atoms with E-state index >= 15 is 0 Å². The molecule has 1 aromatic carbocycles. The number of hydrogen-bond donors (Lipinski definition) is 1. The second-order valence-corrected chi connectivity index (χ2v) is 5.20. The van der Waals surface area contributed by atoms with E-state index in [0.717, 1.165) is 11.8 Å². The molecular formula is C12H14F2N2S. The number of amidine groups is 1. The number of nitrogens with zero attached hydrogens (tertiary/aromatic N) is 1. The number of nitrogens with one attached hydrogen (secondary N) is 1. The van der Waals surface area contributed by atoms with Crippen LogP contribution in [0.5, 0.6) is 0 Å². The number of aliphatic imine (C=N–C) groups is 1. The summed E-state index contributed by atoms with van der Waals surface area (Å²) in [4.78, 5) is 4.41. The van der Waals surface area contributed by atoms with Crippen LogP contribution in [0.4, 0.5) is 14.5 Å². The lowest BCUT2D eigenvalue weighted by Gasteiger charge is -2.23. The van der Waals surface area contributed by atoms with E-state index in [1.54, 1.807) is 0 Å². The number of anilines is 1. The van der Waals surface area contributed by atoms with Gasteiger partial charge in [0, 0.05) is 5.75 Å². The topological polar surface area (TPSA) is 24.4 Å². The van der Waals surface area contributed by atoms with E-state index in [4.69, 9.17) is 0 Å². The Kier molecular flexibility index (Phi) is 3.66. The summed E-state index contributed by atoms with van der Waals surface area (Å²) in [6.45, 7) is 4.15. The van der Waals surface area contributed by atoms with Crippen molar-refractivity contribution in [3.05, 3.63) is 29.8 Å². The van der Waals surface area contributed by atoms with Crippen LogP contribution in [0.15, 0.2) is 23.2 Å². The highest BCUT2D eigenvalue weighted by Crippen LogP contribution is 2.25. The van der Waals surface area contributed by atoms with Gasteiger partial charge in [0.1, 0.15) is 0 Å². The van der Waals surface area contributed by atoms with Crippen LogP contribution in [-0.4, -0.2) is 17.0 Å². The molecule has 2 rings (SSSR count). The van der Waals surface area contributed by atoms with Crippen LogP contribution in [0, 0.1) is 17.6 Å². The summed E-state index contributed by atoms with van der Waals surface area (Å²) >= 11 is 1.53. The molecule has 1 aliphatic rings. The van der Waals surface area contributed by atoms with Crippen LogP contribution in [0.2, 0.25) is 0 Å². The highest BCUT2D eigenvalue weighted by molar-refractivity contribution is 8.14. The van der Waals surface area contributed by atoms with Gasteiger partial charge in [0.25, 0.3) is 0 Å². The van der Waals surface area contributed by atoms with E-state index in [0.29, 0.717) is 11.1 Å². The van der Waals surface area contributed by atoms with Crippen LogP contribution >= 0.6 is 11.8 Å². The molecule has 0 saturated heterocycles. The lowest BCUT2D eigenvalue weighted by Crippen LogP contribution is -2.25. The summed E-state index contributed by atoms with van der Waals surface area (Å²) in [5.41, 5.74) is 0.137. The molecule has 0 aliphatic carbocycles. The molecule has 0 saturated carbocycles. The SMILES string of the molecule is CC1CSC(Nc2cccc(F)c2F)=NC1C. The second-order valence-electron chi connectivity index (χ2n) is 4.19. The van der Waals surface area contributed by atoms with E-state index in [9.17, 15) is 8.78 Å². The normalized spacial score (nSPS) is 24.4. The van der Waals surface area contributed by atoms with Crippen molar-refractivity contribution < 1.29 is 8.78 Å². The molecule has 2 atom stereocenters. The summed E-state index contributed by atoms with van der Waals surface area (Å²) in [6, 6.07) is 4.28. The van der Waals surface area contributed by atoms with E-state index in [-0.39, 0.29) is 11.7 Å². The van der Waals surface area contributed by atoms with E-state index in [1.807, 2.05) is 6.92 Å². The molecule has 92 valence electrons. The Morgan fingerprint density at radius 1 is 1.35 bits per heavy atom. The van der Waals surface area contributed by atoms with E-state index in [1.165, 1.54) is 23.9 Å².